The van der Waals surface area contributed by atoms with Crippen LogP contribution in [0.25, 0.3) is 10.9 Å². The standard InChI is InChI=1S/C23H32N4O2/c28-22(27-13-7-2-8-14-27)21(26-23(29)25-18-9-3-1-4-10-18)15-17-16-24-20-12-6-5-11-19(17)20/h5-6,11-12,16,18,21,24H,1-4,7-10,13-15H2,(H2,25,26,29)/t21-/m0/s1. The van der Waals surface area contributed by atoms with Gasteiger partial charge in [-0.1, -0.05) is 37.5 Å². The number of nitrogens with one attached hydrogen (secondary N) is 3. The van der Waals surface area contributed by atoms with E-state index in [9.17, 15) is 9.59 Å². The lowest BCUT2D eigenvalue weighted by Crippen LogP contribution is -2.54. The lowest BCUT2D eigenvalue weighted by atomic mass is 9.96. The molecule has 3 N–H and O–H groups in total. The summed E-state index contributed by atoms with van der Waals surface area (Å²) in [6.07, 6.45) is 11.3. The molecule has 2 aliphatic rings. The Bertz CT molecular complexity index is 834. The maximum absolute atomic E-state index is 13.3. The molecule has 1 aromatic heterocycles. The van der Waals surface area contributed by atoms with Gasteiger partial charge in [-0.15, -0.1) is 0 Å². The van der Waals surface area contributed by atoms with E-state index in [4.69, 9.17) is 0 Å². The summed E-state index contributed by atoms with van der Waals surface area (Å²) < 4.78 is 0. The molecule has 6 heteroatoms. The number of para-hydroxylation sites is 1. The normalized spacial score (nSPS) is 19.1. The van der Waals surface area contributed by atoms with Gasteiger partial charge in [0.1, 0.15) is 6.04 Å². The number of benzene rings is 1. The van der Waals surface area contributed by atoms with Crippen molar-refractivity contribution >= 4 is 22.8 Å². The summed E-state index contributed by atoms with van der Waals surface area (Å²) in [5, 5.41) is 7.21. The fourth-order valence-electron chi connectivity index (χ4n) is 4.69. The Balaban J connectivity index is 1.48. The average Bonchev–Trinajstić information content (AvgIpc) is 3.17. The second-order valence-electron chi connectivity index (χ2n) is 8.45. The minimum atomic E-state index is -0.545. The van der Waals surface area contributed by atoms with Crippen LogP contribution in [-0.2, 0) is 11.2 Å². The molecule has 1 atom stereocenters. The van der Waals surface area contributed by atoms with Crippen molar-refractivity contribution in [1.82, 2.24) is 20.5 Å². The SMILES string of the molecule is O=C(NC1CCCCC1)N[C@@H](Cc1c[nH]c2ccccc12)C(=O)N1CCCCC1. The molecular formula is C23H32N4O2. The first-order chi connectivity index (χ1) is 14.2. The predicted octanol–water partition coefficient (Wildman–Crippen LogP) is 3.72. The average molecular weight is 397 g/mol. The van der Waals surface area contributed by atoms with Crippen LogP contribution in [0, 0.1) is 0 Å². The minimum Gasteiger partial charge on any atom is -0.361 e. The molecular weight excluding hydrogens is 364 g/mol. The molecule has 0 unspecified atom stereocenters. The number of hydrogen-bond acceptors (Lipinski definition) is 2. The van der Waals surface area contributed by atoms with Gasteiger partial charge in [0, 0.05) is 42.7 Å². The van der Waals surface area contributed by atoms with E-state index >= 15 is 0 Å². The van der Waals surface area contributed by atoms with Crippen molar-refractivity contribution in [2.75, 3.05) is 13.1 Å². The number of hydrogen-bond donors (Lipinski definition) is 3. The Morgan fingerprint density at radius 1 is 1.03 bits per heavy atom. The number of carbonyl (C=O) groups is 2. The highest BCUT2D eigenvalue weighted by Gasteiger charge is 2.28. The summed E-state index contributed by atoms with van der Waals surface area (Å²) in [6.45, 7) is 1.57. The van der Waals surface area contributed by atoms with Gasteiger partial charge >= 0.3 is 6.03 Å². The molecule has 2 fully saturated rings. The van der Waals surface area contributed by atoms with Crippen LogP contribution in [0.4, 0.5) is 4.79 Å². The van der Waals surface area contributed by atoms with Crippen LogP contribution < -0.4 is 10.6 Å². The number of likely N-dealkylation sites (tertiary alicyclic amines) is 1. The number of fused-ring (bicyclic) bond motifs is 1. The number of amides is 3. The number of urea groups is 1. The molecule has 1 saturated carbocycles. The van der Waals surface area contributed by atoms with E-state index in [1.54, 1.807) is 0 Å². The summed E-state index contributed by atoms with van der Waals surface area (Å²) in [5.41, 5.74) is 2.12. The second-order valence-corrected chi connectivity index (χ2v) is 8.45. The topological polar surface area (TPSA) is 77.2 Å². The van der Waals surface area contributed by atoms with E-state index in [0.29, 0.717) is 6.42 Å². The molecule has 0 bridgehead atoms. The molecule has 1 aliphatic heterocycles. The van der Waals surface area contributed by atoms with E-state index in [1.165, 1.54) is 12.8 Å². The van der Waals surface area contributed by atoms with E-state index in [2.05, 4.69) is 21.7 Å². The van der Waals surface area contributed by atoms with Gasteiger partial charge in [0.05, 0.1) is 0 Å². The molecule has 3 amide bonds. The quantitative estimate of drug-likeness (QED) is 0.720. The van der Waals surface area contributed by atoms with Gasteiger partial charge in [0.15, 0.2) is 0 Å². The van der Waals surface area contributed by atoms with Gasteiger partial charge in [-0.3, -0.25) is 4.79 Å². The third kappa shape index (κ3) is 4.92. The largest absolute Gasteiger partial charge is 0.361 e. The number of aromatic nitrogens is 1. The summed E-state index contributed by atoms with van der Waals surface area (Å²) in [4.78, 5) is 31.2. The fourth-order valence-corrected chi connectivity index (χ4v) is 4.69. The molecule has 0 spiro atoms. The summed E-state index contributed by atoms with van der Waals surface area (Å²) >= 11 is 0. The predicted molar refractivity (Wildman–Crippen MR) is 115 cm³/mol. The molecule has 2 aromatic rings. The molecule has 1 aromatic carbocycles. The molecule has 29 heavy (non-hydrogen) atoms. The highest BCUT2D eigenvalue weighted by atomic mass is 16.2. The van der Waals surface area contributed by atoms with Gasteiger partial charge < -0.3 is 20.5 Å². The van der Waals surface area contributed by atoms with Gasteiger partial charge in [0.25, 0.3) is 0 Å². The first-order valence-electron chi connectivity index (χ1n) is 11.1. The third-order valence-electron chi connectivity index (χ3n) is 6.31. The van der Waals surface area contributed by atoms with Crippen molar-refractivity contribution in [1.29, 1.82) is 0 Å². The molecule has 4 rings (SSSR count). The van der Waals surface area contributed by atoms with Crippen LogP contribution in [0.5, 0.6) is 0 Å². The summed E-state index contributed by atoms with van der Waals surface area (Å²) in [6, 6.07) is 7.56. The Kier molecular flexibility index (Phi) is 6.37. The van der Waals surface area contributed by atoms with Crippen molar-refractivity contribution in [3.8, 4) is 0 Å². The van der Waals surface area contributed by atoms with Gasteiger partial charge in [-0.2, -0.15) is 0 Å². The van der Waals surface area contributed by atoms with E-state index in [1.807, 2.05) is 29.3 Å². The molecule has 156 valence electrons. The number of rotatable bonds is 5. The maximum atomic E-state index is 13.3. The Morgan fingerprint density at radius 2 is 1.76 bits per heavy atom. The Morgan fingerprint density at radius 3 is 2.55 bits per heavy atom. The zero-order valence-corrected chi connectivity index (χ0v) is 17.1. The molecule has 6 nitrogen and oxygen atoms in total. The molecule has 2 heterocycles. The van der Waals surface area contributed by atoms with Crippen molar-refractivity contribution in [3.05, 3.63) is 36.0 Å². The zero-order valence-electron chi connectivity index (χ0n) is 17.1. The van der Waals surface area contributed by atoms with Crippen molar-refractivity contribution in [2.45, 2.75) is 69.9 Å². The molecule has 1 saturated heterocycles. The van der Waals surface area contributed by atoms with E-state index < -0.39 is 6.04 Å². The lowest BCUT2D eigenvalue weighted by Gasteiger charge is -2.31. The highest BCUT2D eigenvalue weighted by Crippen LogP contribution is 2.21. The zero-order chi connectivity index (χ0) is 20.1. The van der Waals surface area contributed by atoms with E-state index in [-0.39, 0.29) is 18.0 Å². The van der Waals surface area contributed by atoms with Crippen molar-refractivity contribution < 1.29 is 9.59 Å². The first kappa shape index (κ1) is 19.8. The Labute approximate surface area is 172 Å². The highest BCUT2D eigenvalue weighted by molar-refractivity contribution is 5.89. The van der Waals surface area contributed by atoms with Gasteiger partial charge in [-0.25, -0.2) is 4.79 Å². The lowest BCUT2D eigenvalue weighted by molar-refractivity contribution is -0.134. The maximum Gasteiger partial charge on any atom is 0.315 e. The van der Waals surface area contributed by atoms with Crippen LogP contribution in [0.3, 0.4) is 0 Å². The monoisotopic (exact) mass is 396 g/mol. The van der Waals surface area contributed by atoms with Crippen LogP contribution in [0.1, 0.15) is 56.9 Å². The van der Waals surface area contributed by atoms with Gasteiger partial charge in [-0.05, 0) is 43.7 Å². The van der Waals surface area contributed by atoms with Gasteiger partial charge in [0.2, 0.25) is 5.91 Å². The minimum absolute atomic E-state index is 0.0359. The smallest absolute Gasteiger partial charge is 0.315 e. The van der Waals surface area contributed by atoms with Crippen LogP contribution in [0.2, 0.25) is 0 Å². The second kappa shape index (κ2) is 9.33. The molecule has 0 radical (unpaired) electrons. The summed E-state index contributed by atoms with van der Waals surface area (Å²) in [7, 11) is 0. The Hall–Kier alpha value is -2.50. The summed E-state index contributed by atoms with van der Waals surface area (Å²) in [5.74, 6) is 0.0359. The third-order valence-corrected chi connectivity index (χ3v) is 6.31. The number of piperidine rings is 1. The number of H-pyrrole nitrogens is 1. The fraction of sp³-hybridized carbons (Fsp3) is 0.565. The first-order valence-corrected chi connectivity index (χ1v) is 11.1. The van der Waals surface area contributed by atoms with Crippen LogP contribution >= 0.6 is 0 Å². The van der Waals surface area contributed by atoms with Crippen LogP contribution in [0.15, 0.2) is 30.5 Å². The van der Waals surface area contributed by atoms with Crippen molar-refractivity contribution in [3.63, 3.8) is 0 Å². The number of carbonyl (C=O) groups excluding carboxylic acids is 2. The molecule has 1 aliphatic carbocycles. The van der Waals surface area contributed by atoms with Crippen LogP contribution in [-0.4, -0.2) is 47.0 Å². The van der Waals surface area contributed by atoms with Crippen molar-refractivity contribution in [2.24, 2.45) is 0 Å². The number of aromatic amines is 1. The number of nitrogens with zero attached hydrogens (tertiary/aromatic N) is 1. The van der Waals surface area contributed by atoms with E-state index in [0.717, 1.165) is 68.1 Å².